The maximum atomic E-state index is 12.5. The van der Waals surface area contributed by atoms with E-state index in [9.17, 15) is 30.0 Å². The number of rotatable bonds is 5. The lowest BCUT2D eigenvalue weighted by Gasteiger charge is -2.25. The van der Waals surface area contributed by atoms with Crippen molar-refractivity contribution in [3.63, 3.8) is 0 Å². The van der Waals surface area contributed by atoms with E-state index in [2.05, 4.69) is 0 Å². The molecule has 2 heterocycles. The summed E-state index contributed by atoms with van der Waals surface area (Å²) in [6.07, 6.45) is 7.82. The Morgan fingerprint density at radius 3 is 2.19 bits per heavy atom. The van der Waals surface area contributed by atoms with Gasteiger partial charge in [0.25, 0.3) is 17.4 Å². The van der Waals surface area contributed by atoms with Crippen LogP contribution in [0.25, 0.3) is 6.08 Å². The van der Waals surface area contributed by atoms with Crippen molar-refractivity contribution in [3.05, 3.63) is 68.1 Å². The summed E-state index contributed by atoms with van der Waals surface area (Å²) < 4.78 is 1.12. The van der Waals surface area contributed by atoms with E-state index in [0.29, 0.717) is 16.7 Å². The van der Waals surface area contributed by atoms with E-state index in [-0.39, 0.29) is 35.7 Å². The van der Waals surface area contributed by atoms with Crippen LogP contribution in [0.4, 0.5) is 0 Å². The van der Waals surface area contributed by atoms with Crippen LogP contribution in [0.2, 0.25) is 0 Å². The average molecular weight is 418 g/mol. The number of nitriles is 2. The number of nitrogens with zero attached hydrogens (tertiary/aromatic N) is 4. The lowest BCUT2D eigenvalue weighted by molar-refractivity contribution is -0.140. The lowest BCUT2D eigenvalue weighted by Crippen LogP contribution is -2.42. The van der Waals surface area contributed by atoms with Crippen molar-refractivity contribution in [2.75, 3.05) is 6.54 Å². The number of imide groups is 1. The second-order valence-electron chi connectivity index (χ2n) is 6.69. The van der Waals surface area contributed by atoms with Gasteiger partial charge in [-0.05, 0) is 51.0 Å². The quantitative estimate of drug-likeness (QED) is 0.445. The number of hydrogen-bond acceptors (Lipinski definition) is 6. The van der Waals surface area contributed by atoms with Crippen LogP contribution in [-0.4, -0.2) is 32.9 Å². The van der Waals surface area contributed by atoms with E-state index in [0.717, 1.165) is 9.47 Å². The number of aromatic nitrogens is 1. The number of carbonyl (C=O) groups excluding carboxylic acids is 2. The van der Waals surface area contributed by atoms with Crippen LogP contribution in [0.5, 0.6) is 5.88 Å². The first-order chi connectivity index (χ1) is 14.7. The Kier molecular flexibility index (Phi) is 7.12. The van der Waals surface area contributed by atoms with Gasteiger partial charge in [0, 0.05) is 24.2 Å². The highest BCUT2D eigenvalue weighted by molar-refractivity contribution is 6.18. The first-order valence-electron chi connectivity index (χ1n) is 9.63. The van der Waals surface area contributed by atoms with Gasteiger partial charge in [0.2, 0.25) is 5.88 Å². The fourth-order valence-electron chi connectivity index (χ4n) is 3.27. The van der Waals surface area contributed by atoms with E-state index in [1.165, 1.54) is 6.08 Å². The summed E-state index contributed by atoms with van der Waals surface area (Å²) in [5.74, 6) is -1.30. The molecule has 0 spiro atoms. The second kappa shape index (κ2) is 9.55. The molecular weight excluding hydrogens is 396 g/mol. The Labute approximate surface area is 179 Å². The Hall–Kier alpha value is -4.17. The summed E-state index contributed by atoms with van der Waals surface area (Å²) in [4.78, 5) is 37.9. The summed E-state index contributed by atoms with van der Waals surface area (Å²) in [6.45, 7) is 6.85. The highest BCUT2D eigenvalue weighted by atomic mass is 16.3. The molecular formula is C23H22N4O4. The smallest absolute Gasteiger partial charge is 0.271 e. The SMILES string of the molecule is CCN1C(=O)C(C#N)=C(C)/C(=C/C=CC=Cc2c(C)c(C#N)c(=O)n(CC)c2O)C1=O. The zero-order valence-corrected chi connectivity index (χ0v) is 17.8. The molecule has 1 aromatic heterocycles. The van der Waals surface area contributed by atoms with E-state index in [4.69, 9.17) is 0 Å². The maximum absolute atomic E-state index is 12.5. The number of aromatic hydroxyl groups is 1. The molecule has 1 aliphatic rings. The van der Waals surface area contributed by atoms with E-state index >= 15 is 0 Å². The van der Waals surface area contributed by atoms with Gasteiger partial charge in [0.1, 0.15) is 23.3 Å². The van der Waals surface area contributed by atoms with Gasteiger partial charge in [-0.3, -0.25) is 23.9 Å². The van der Waals surface area contributed by atoms with Gasteiger partial charge in [0.15, 0.2) is 0 Å². The van der Waals surface area contributed by atoms with Crippen LogP contribution in [0.1, 0.15) is 37.5 Å². The molecule has 0 saturated carbocycles. The first-order valence-corrected chi connectivity index (χ1v) is 9.63. The molecule has 1 N–H and O–H groups in total. The number of allylic oxidation sites excluding steroid dienone is 4. The Balaban J connectivity index is 2.42. The molecule has 0 atom stereocenters. The molecule has 8 nitrogen and oxygen atoms in total. The van der Waals surface area contributed by atoms with Crippen LogP contribution in [0.15, 0.2) is 45.8 Å². The van der Waals surface area contributed by atoms with E-state index in [1.807, 2.05) is 12.1 Å². The van der Waals surface area contributed by atoms with E-state index < -0.39 is 17.4 Å². The normalized spacial score (nSPS) is 15.9. The molecule has 0 bridgehead atoms. The van der Waals surface area contributed by atoms with E-state index in [1.54, 1.807) is 52.0 Å². The minimum atomic E-state index is -0.598. The molecule has 0 aromatic carbocycles. The molecule has 2 amide bonds. The first kappa shape index (κ1) is 23.1. The molecule has 0 aliphatic carbocycles. The average Bonchev–Trinajstić information content (AvgIpc) is 2.73. The maximum Gasteiger partial charge on any atom is 0.271 e. The lowest BCUT2D eigenvalue weighted by atomic mass is 9.95. The van der Waals surface area contributed by atoms with Crippen LogP contribution >= 0.6 is 0 Å². The number of hydrogen-bond donors (Lipinski definition) is 1. The topological polar surface area (TPSA) is 127 Å². The van der Waals surface area contributed by atoms with Gasteiger partial charge in [-0.2, -0.15) is 10.5 Å². The van der Waals surface area contributed by atoms with Crippen molar-refractivity contribution in [2.45, 2.75) is 34.2 Å². The molecule has 1 aromatic rings. The summed E-state index contributed by atoms with van der Waals surface area (Å²) >= 11 is 0. The molecule has 31 heavy (non-hydrogen) atoms. The molecule has 0 radical (unpaired) electrons. The summed E-state index contributed by atoms with van der Waals surface area (Å²) in [5, 5.41) is 28.9. The van der Waals surface area contributed by atoms with Crippen LogP contribution in [-0.2, 0) is 16.1 Å². The van der Waals surface area contributed by atoms with Gasteiger partial charge in [-0.1, -0.05) is 18.2 Å². The number of pyridine rings is 1. The monoisotopic (exact) mass is 418 g/mol. The minimum absolute atomic E-state index is 0.0349. The van der Waals surface area contributed by atoms with Gasteiger partial charge in [0.05, 0.1) is 0 Å². The third kappa shape index (κ3) is 4.10. The number of amides is 2. The van der Waals surface area contributed by atoms with Crippen LogP contribution in [0.3, 0.4) is 0 Å². The van der Waals surface area contributed by atoms with Gasteiger partial charge in [-0.25, -0.2) is 0 Å². The Morgan fingerprint density at radius 2 is 1.65 bits per heavy atom. The minimum Gasteiger partial charge on any atom is -0.494 e. The zero-order chi connectivity index (χ0) is 23.3. The predicted octanol–water partition coefficient (Wildman–Crippen LogP) is 2.48. The largest absolute Gasteiger partial charge is 0.494 e. The summed E-state index contributed by atoms with van der Waals surface area (Å²) in [5.41, 5.74) is 0.629. The standard InChI is InChI=1S/C23H22N4O4/c1-5-26-20(28)16(14(3)18(12-24)22(26)30)10-8-7-9-11-17-15(4)19(13-25)23(31)27(6-2)21(17)29/h7-11,28H,5-6H2,1-4H3/b9-7?,10-8?,17-11-. The molecule has 2 rings (SSSR count). The molecule has 0 fully saturated rings. The second-order valence-corrected chi connectivity index (χ2v) is 6.69. The number of carbonyl (C=O) groups is 2. The third-order valence-corrected chi connectivity index (χ3v) is 5.05. The zero-order valence-electron chi connectivity index (χ0n) is 17.8. The fraction of sp³-hybridized carbons (Fsp3) is 0.261. The van der Waals surface area contributed by atoms with Crippen molar-refractivity contribution < 1.29 is 14.7 Å². The summed E-state index contributed by atoms with van der Waals surface area (Å²) in [6, 6.07) is 3.73. The molecule has 0 unspecified atom stereocenters. The summed E-state index contributed by atoms with van der Waals surface area (Å²) in [7, 11) is 0. The van der Waals surface area contributed by atoms with Crippen LogP contribution < -0.4 is 5.56 Å². The highest BCUT2D eigenvalue weighted by Crippen LogP contribution is 2.25. The molecule has 1 aliphatic heterocycles. The highest BCUT2D eigenvalue weighted by Gasteiger charge is 2.33. The van der Waals surface area contributed by atoms with Gasteiger partial charge in [-0.15, -0.1) is 0 Å². The molecule has 158 valence electrons. The van der Waals surface area contributed by atoms with Gasteiger partial charge >= 0.3 is 0 Å². The molecule has 8 heteroatoms. The fourth-order valence-corrected chi connectivity index (χ4v) is 3.27. The van der Waals surface area contributed by atoms with Gasteiger partial charge < -0.3 is 5.11 Å². The predicted molar refractivity (Wildman–Crippen MR) is 114 cm³/mol. The van der Waals surface area contributed by atoms with Crippen molar-refractivity contribution in [3.8, 4) is 18.0 Å². The number of likely N-dealkylation sites (N-methyl/N-ethyl adjacent to an activating group) is 1. The van der Waals surface area contributed by atoms with Crippen molar-refractivity contribution in [1.82, 2.24) is 9.47 Å². The molecule has 0 saturated heterocycles. The van der Waals surface area contributed by atoms with Crippen molar-refractivity contribution in [1.29, 1.82) is 10.5 Å². The third-order valence-electron chi connectivity index (χ3n) is 5.05. The Bertz CT molecular complexity index is 1210. The van der Waals surface area contributed by atoms with Crippen molar-refractivity contribution in [2.24, 2.45) is 0 Å². The van der Waals surface area contributed by atoms with Crippen molar-refractivity contribution >= 4 is 17.9 Å². The Morgan fingerprint density at radius 1 is 0.968 bits per heavy atom. The van der Waals surface area contributed by atoms with Crippen LogP contribution in [0, 0.1) is 29.6 Å².